The topological polar surface area (TPSA) is 21.3 Å². The molecular weight excluding hydrogens is 194 g/mol. The molecule has 3 heteroatoms. The first-order valence-corrected chi connectivity index (χ1v) is 5.89. The maximum Gasteiger partial charge on any atom is 0.109 e. The molecule has 1 aliphatic heterocycles. The van der Waals surface area contributed by atoms with Gasteiger partial charge >= 0.3 is 0 Å². The number of rotatable bonds is 2. The molecule has 0 saturated heterocycles. The van der Waals surface area contributed by atoms with Crippen LogP contribution in [0.25, 0.3) is 0 Å². The molecule has 0 amide bonds. The number of benzene rings is 1. The minimum atomic E-state index is 0.302. The van der Waals surface area contributed by atoms with Crippen LogP contribution in [0.4, 0.5) is 5.69 Å². The molecule has 1 atom stereocenters. The largest absolute Gasteiger partial charge is 0.384 e. The van der Waals surface area contributed by atoms with Gasteiger partial charge in [-0.25, -0.2) is 0 Å². The summed E-state index contributed by atoms with van der Waals surface area (Å²) in [5.41, 5.74) is 1.54. The van der Waals surface area contributed by atoms with Gasteiger partial charge in [-0.05, 0) is 19.1 Å². The van der Waals surface area contributed by atoms with E-state index in [1.807, 2.05) is 18.7 Å². The van der Waals surface area contributed by atoms with E-state index in [2.05, 4.69) is 29.6 Å². The predicted octanol–water partition coefficient (Wildman–Crippen LogP) is 2.96. The predicted molar refractivity (Wildman–Crippen MR) is 60.8 cm³/mol. The van der Waals surface area contributed by atoms with Gasteiger partial charge in [0.25, 0.3) is 0 Å². The summed E-state index contributed by atoms with van der Waals surface area (Å²) in [6.07, 6.45) is 1.06. The monoisotopic (exact) mass is 209 g/mol. The van der Waals surface area contributed by atoms with Gasteiger partial charge in [0.2, 0.25) is 0 Å². The molecule has 1 aliphatic rings. The van der Waals surface area contributed by atoms with E-state index < -0.39 is 0 Å². The molecule has 76 valence electrons. The number of fused-ring (bicyclic) bond motifs is 1. The zero-order chi connectivity index (χ0) is 9.80. The van der Waals surface area contributed by atoms with E-state index in [0.29, 0.717) is 5.44 Å². The normalized spacial score (nSPS) is 20.8. The van der Waals surface area contributed by atoms with Gasteiger partial charge in [0.05, 0.1) is 0 Å². The van der Waals surface area contributed by atoms with Gasteiger partial charge < -0.3 is 10.1 Å². The van der Waals surface area contributed by atoms with Gasteiger partial charge in [-0.2, -0.15) is 0 Å². The van der Waals surface area contributed by atoms with Crippen molar-refractivity contribution in [1.82, 2.24) is 0 Å². The average Bonchev–Trinajstić information content (AvgIpc) is 2.40. The van der Waals surface area contributed by atoms with E-state index in [9.17, 15) is 0 Å². The van der Waals surface area contributed by atoms with Crippen LogP contribution in [0.2, 0.25) is 0 Å². The second-order valence-corrected chi connectivity index (χ2v) is 4.42. The van der Waals surface area contributed by atoms with E-state index in [1.165, 1.54) is 10.6 Å². The molecule has 0 aromatic heterocycles. The third-order valence-corrected chi connectivity index (χ3v) is 3.44. The molecule has 14 heavy (non-hydrogen) atoms. The number of ether oxygens (including phenoxy) is 1. The highest BCUT2D eigenvalue weighted by molar-refractivity contribution is 8.00. The summed E-state index contributed by atoms with van der Waals surface area (Å²) in [6.45, 7) is 3.83. The van der Waals surface area contributed by atoms with Crippen molar-refractivity contribution < 1.29 is 4.74 Å². The Balaban J connectivity index is 2.14. The second-order valence-electron chi connectivity index (χ2n) is 3.21. The Morgan fingerprint density at radius 2 is 2.36 bits per heavy atom. The lowest BCUT2D eigenvalue weighted by Gasteiger charge is -2.12. The molecule has 0 saturated carbocycles. The Hall–Kier alpha value is -0.670. The van der Waals surface area contributed by atoms with Crippen molar-refractivity contribution in [3.8, 4) is 0 Å². The standard InChI is InChI=1S/C11H15NOS/c1-2-13-11-7-8-12-9-5-3-4-6-10(9)14-11/h3-6,11-12H,2,7-8H2,1H3. The third-order valence-electron chi connectivity index (χ3n) is 2.19. The van der Waals surface area contributed by atoms with Crippen molar-refractivity contribution in [2.45, 2.75) is 23.7 Å². The number of anilines is 1. The van der Waals surface area contributed by atoms with Crippen LogP contribution in [0.3, 0.4) is 0 Å². The molecule has 0 radical (unpaired) electrons. The van der Waals surface area contributed by atoms with Crippen molar-refractivity contribution >= 4 is 17.4 Å². The maximum absolute atomic E-state index is 5.64. The minimum Gasteiger partial charge on any atom is -0.384 e. The third kappa shape index (κ3) is 2.22. The van der Waals surface area contributed by atoms with Crippen LogP contribution in [0.5, 0.6) is 0 Å². The van der Waals surface area contributed by atoms with Crippen molar-refractivity contribution in [3.05, 3.63) is 24.3 Å². The fourth-order valence-electron chi connectivity index (χ4n) is 1.54. The lowest BCUT2D eigenvalue weighted by molar-refractivity contribution is 0.122. The summed E-state index contributed by atoms with van der Waals surface area (Å²) in [5.74, 6) is 0. The first kappa shape index (κ1) is 9.87. The molecule has 0 aliphatic carbocycles. The lowest BCUT2D eigenvalue weighted by atomic mass is 10.3. The summed E-state index contributed by atoms with van der Waals surface area (Å²) >= 11 is 1.82. The second kappa shape index (κ2) is 4.71. The van der Waals surface area contributed by atoms with E-state index >= 15 is 0 Å². The quantitative estimate of drug-likeness (QED) is 0.809. The summed E-state index contributed by atoms with van der Waals surface area (Å²) in [5, 5.41) is 3.41. The Morgan fingerprint density at radius 1 is 1.50 bits per heavy atom. The fourth-order valence-corrected chi connectivity index (χ4v) is 2.69. The summed E-state index contributed by atoms with van der Waals surface area (Å²) < 4.78 is 5.64. The van der Waals surface area contributed by atoms with Gasteiger partial charge in [-0.3, -0.25) is 0 Å². The van der Waals surface area contributed by atoms with Crippen LogP contribution in [-0.4, -0.2) is 18.6 Å². The first-order valence-electron chi connectivity index (χ1n) is 5.01. The minimum absolute atomic E-state index is 0.302. The number of para-hydroxylation sites is 1. The van der Waals surface area contributed by atoms with Crippen LogP contribution < -0.4 is 5.32 Å². The fraction of sp³-hybridized carbons (Fsp3) is 0.455. The Labute approximate surface area is 89.0 Å². The highest BCUT2D eigenvalue weighted by Crippen LogP contribution is 2.34. The molecule has 1 aromatic rings. The van der Waals surface area contributed by atoms with Crippen LogP contribution in [0.1, 0.15) is 13.3 Å². The molecule has 2 nitrogen and oxygen atoms in total. The van der Waals surface area contributed by atoms with Crippen LogP contribution >= 0.6 is 11.8 Å². The van der Waals surface area contributed by atoms with E-state index in [1.54, 1.807) is 0 Å². The smallest absolute Gasteiger partial charge is 0.109 e. The van der Waals surface area contributed by atoms with Crippen molar-refractivity contribution in [1.29, 1.82) is 0 Å². The molecule has 0 spiro atoms. The molecular formula is C11H15NOS. The molecule has 0 bridgehead atoms. The van der Waals surface area contributed by atoms with E-state index in [4.69, 9.17) is 4.74 Å². The highest BCUT2D eigenvalue weighted by Gasteiger charge is 2.16. The lowest BCUT2D eigenvalue weighted by Crippen LogP contribution is -2.10. The molecule has 1 aromatic carbocycles. The molecule has 1 unspecified atom stereocenters. The number of hydrogen-bond acceptors (Lipinski definition) is 3. The van der Waals surface area contributed by atoms with Gasteiger partial charge in [0.15, 0.2) is 0 Å². The van der Waals surface area contributed by atoms with Gasteiger partial charge in [0, 0.05) is 30.2 Å². The van der Waals surface area contributed by atoms with Crippen LogP contribution in [-0.2, 0) is 4.74 Å². The van der Waals surface area contributed by atoms with Crippen LogP contribution in [0.15, 0.2) is 29.2 Å². The number of hydrogen-bond donors (Lipinski definition) is 1. The Morgan fingerprint density at radius 3 is 3.21 bits per heavy atom. The van der Waals surface area contributed by atoms with Gasteiger partial charge in [0.1, 0.15) is 5.44 Å². The van der Waals surface area contributed by atoms with Gasteiger partial charge in [-0.15, -0.1) is 0 Å². The van der Waals surface area contributed by atoms with E-state index in [0.717, 1.165) is 19.6 Å². The zero-order valence-electron chi connectivity index (χ0n) is 8.32. The summed E-state index contributed by atoms with van der Waals surface area (Å²) in [6, 6.07) is 8.40. The molecule has 2 rings (SSSR count). The summed E-state index contributed by atoms with van der Waals surface area (Å²) in [4.78, 5) is 1.29. The molecule has 1 heterocycles. The maximum atomic E-state index is 5.64. The van der Waals surface area contributed by atoms with Gasteiger partial charge in [-0.1, -0.05) is 23.9 Å². The Kier molecular flexibility index (Phi) is 3.32. The zero-order valence-corrected chi connectivity index (χ0v) is 9.14. The first-order chi connectivity index (χ1) is 6.90. The van der Waals surface area contributed by atoms with Crippen molar-refractivity contribution in [2.75, 3.05) is 18.5 Å². The van der Waals surface area contributed by atoms with Crippen molar-refractivity contribution in [3.63, 3.8) is 0 Å². The van der Waals surface area contributed by atoms with Crippen LogP contribution in [0, 0.1) is 0 Å². The van der Waals surface area contributed by atoms with E-state index in [-0.39, 0.29) is 0 Å². The molecule has 0 fully saturated rings. The number of nitrogens with one attached hydrogen (secondary N) is 1. The highest BCUT2D eigenvalue weighted by atomic mass is 32.2. The molecule has 1 N–H and O–H groups in total. The number of thioether (sulfide) groups is 1. The SMILES string of the molecule is CCOC1CCNc2ccccc2S1. The average molecular weight is 209 g/mol. The Bertz CT molecular complexity index is 303. The van der Waals surface area contributed by atoms with Crippen molar-refractivity contribution in [2.24, 2.45) is 0 Å². The summed E-state index contributed by atoms with van der Waals surface area (Å²) in [7, 11) is 0.